The number of carbonyl (C=O) groups excluding carboxylic acids is 13. The third kappa shape index (κ3) is 31.4. The largest absolute Gasteiger partial charge is 0.396 e. The second-order valence-corrected chi connectivity index (χ2v) is 33.4. The molecule has 0 bridgehead atoms. The number of rotatable bonds is 47. The highest BCUT2D eigenvalue weighted by Gasteiger charge is 2.41. The number of urea groups is 1. The van der Waals surface area contributed by atoms with E-state index in [2.05, 4.69) is 73.7 Å². The number of hydrogen-bond acceptors (Lipinski definition) is 20. The van der Waals surface area contributed by atoms with Gasteiger partial charge in [-0.1, -0.05) is 150 Å². The topological polar surface area (TPSA) is 508 Å². The zero-order valence-corrected chi connectivity index (χ0v) is 72.0. The predicted octanol–water partition coefficient (Wildman–Crippen LogP) is 1.68. The summed E-state index contributed by atoms with van der Waals surface area (Å²) >= 11 is 6.28. The van der Waals surface area contributed by atoms with Crippen molar-refractivity contribution in [3.05, 3.63) is 178 Å². The van der Waals surface area contributed by atoms with E-state index in [-0.39, 0.29) is 88.5 Å². The summed E-state index contributed by atoms with van der Waals surface area (Å²) in [6, 6.07) is 21.0. The van der Waals surface area contributed by atoms with E-state index in [1.807, 2.05) is 62.4 Å². The highest BCUT2D eigenvalue weighted by molar-refractivity contribution is 6.30. The Morgan fingerprint density at radius 2 is 1.04 bits per heavy atom. The van der Waals surface area contributed by atoms with E-state index >= 15 is 28.8 Å². The van der Waals surface area contributed by atoms with Gasteiger partial charge in [-0.25, -0.2) is 4.79 Å². The van der Waals surface area contributed by atoms with Crippen molar-refractivity contribution in [3.63, 3.8) is 0 Å². The van der Waals surface area contributed by atoms with Crippen LogP contribution in [0.3, 0.4) is 0 Å². The SMILES string of the molecule is CC(C)C[C@H](NC(=O)[C@@H](Cc1ccc(NC(=O)CCNC(=O)C(O)C(C)(C)CO)cc1)NC(=O)[C@H](Cc1ccc(CN2CCOCC2)cc1)NC(=O)[C@H](CO)NC(=O)[C@@H](Cc1cccnc1)NC(=O)[C@@H](Cc1ccc(Cl)cc1)NC(=O)[C@@H](Cc1ccc2ccccc2c1)NC(N)=O)C(=O)N[C@@H](CCCCNC(C)C)C(=O)N1CCC[C@H]1C(=O)N[C@H](C)C(N)=O. The summed E-state index contributed by atoms with van der Waals surface area (Å²) in [5, 5.41) is 66.5. The van der Waals surface area contributed by atoms with Crippen molar-refractivity contribution in [2.24, 2.45) is 22.8 Å². The van der Waals surface area contributed by atoms with Crippen LogP contribution in [0, 0.1) is 11.3 Å². The Kier molecular flexibility index (Phi) is 38.3. The molecule has 2 aliphatic heterocycles. The molecule has 5 aromatic carbocycles. The number of nitrogens with one attached hydrogen (secondary N) is 12. The van der Waals surface area contributed by atoms with Crippen molar-refractivity contribution in [2.75, 3.05) is 64.5 Å². The number of ether oxygens (including phenoxy) is 1. The van der Waals surface area contributed by atoms with Crippen LogP contribution in [0.5, 0.6) is 0 Å². The first-order valence-corrected chi connectivity index (χ1v) is 42.4. The Hall–Kier alpha value is -11.5. The highest BCUT2D eigenvalue weighted by Crippen LogP contribution is 2.25. The summed E-state index contributed by atoms with van der Waals surface area (Å²) in [5.41, 5.74) is 13.6. The molecule has 0 spiro atoms. The zero-order valence-electron chi connectivity index (χ0n) is 71.3. The maximum absolute atomic E-state index is 15.6. The van der Waals surface area contributed by atoms with Crippen LogP contribution in [-0.4, -0.2) is 239 Å². The van der Waals surface area contributed by atoms with E-state index in [0.29, 0.717) is 91.5 Å². The molecule has 2 saturated heterocycles. The molecule has 2 aliphatic rings. The Bertz CT molecular complexity index is 4600. The van der Waals surface area contributed by atoms with E-state index in [4.69, 9.17) is 27.8 Å². The molecule has 3 heterocycles. The molecule has 34 nitrogen and oxygen atoms in total. The lowest BCUT2D eigenvalue weighted by Crippen LogP contribution is -2.62. The van der Waals surface area contributed by atoms with E-state index in [1.54, 1.807) is 80.6 Å². The number of unbranched alkanes of at least 4 members (excludes halogenated alkanes) is 1. The number of morpholine rings is 1. The van der Waals surface area contributed by atoms with Crippen molar-refractivity contribution < 1.29 is 82.4 Å². The van der Waals surface area contributed by atoms with Crippen LogP contribution in [-0.2, 0) is 101 Å². The molecule has 0 saturated carbocycles. The van der Waals surface area contributed by atoms with Gasteiger partial charge >= 0.3 is 6.03 Å². The van der Waals surface area contributed by atoms with Crippen LogP contribution in [0.4, 0.5) is 10.5 Å². The number of aromatic nitrogens is 1. The number of anilines is 1. The molecule has 0 radical (unpaired) electrons. The van der Waals surface area contributed by atoms with Gasteiger partial charge in [-0.05, 0) is 132 Å². The van der Waals surface area contributed by atoms with Crippen LogP contribution >= 0.6 is 11.6 Å². The van der Waals surface area contributed by atoms with Crippen LogP contribution in [0.25, 0.3) is 10.8 Å². The molecule has 0 aliphatic carbocycles. The van der Waals surface area contributed by atoms with Gasteiger partial charge in [-0.2, -0.15) is 0 Å². The van der Waals surface area contributed by atoms with Crippen molar-refractivity contribution >= 4 is 105 Å². The fourth-order valence-electron chi connectivity index (χ4n) is 14.3. The number of benzene rings is 5. The third-order valence-corrected chi connectivity index (χ3v) is 21.8. The monoisotopic (exact) mass is 1730 g/mol. The number of amides is 14. The first kappa shape index (κ1) is 97.9. The summed E-state index contributed by atoms with van der Waals surface area (Å²) in [6.07, 6.45) is 1.82. The minimum atomic E-state index is -1.87. The van der Waals surface area contributed by atoms with Gasteiger partial charge < -0.3 is 100 Å². The predicted molar refractivity (Wildman–Crippen MR) is 465 cm³/mol. The minimum Gasteiger partial charge on any atom is -0.396 e. The van der Waals surface area contributed by atoms with Gasteiger partial charge in [-0.15, -0.1) is 0 Å². The number of nitrogens with two attached hydrogens (primary N) is 2. The fraction of sp³-hybridized carbons (Fsp3) is 0.483. The smallest absolute Gasteiger partial charge is 0.312 e. The second kappa shape index (κ2) is 48.5. The average molecular weight is 1740 g/mol. The lowest BCUT2D eigenvalue weighted by Gasteiger charge is -2.31. The zero-order chi connectivity index (χ0) is 90.2. The van der Waals surface area contributed by atoms with Gasteiger partial charge in [0, 0.05) is 106 Å². The maximum atomic E-state index is 15.6. The quantitative estimate of drug-likeness (QED) is 0.0242. The molecular formula is C89H120ClN17O17. The minimum absolute atomic E-state index is 0.0117. The second-order valence-electron chi connectivity index (χ2n) is 33.0. The van der Waals surface area contributed by atoms with Crippen molar-refractivity contribution in [1.82, 2.24) is 73.3 Å². The van der Waals surface area contributed by atoms with Gasteiger partial charge in [0.2, 0.25) is 70.9 Å². The molecule has 11 atom stereocenters. The summed E-state index contributed by atoms with van der Waals surface area (Å²) in [7, 11) is 0. The number of likely N-dealkylation sites (tertiary alicyclic amines) is 1. The highest BCUT2D eigenvalue weighted by atomic mass is 35.5. The van der Waals surface area contributed by atoms with Gasteiger partial charge in [0.15, 0.2) is 0 Å². The summed E-state index contributed by atoms with van der Waals surface area (Å²) < 4.78 is 5.57. The van der Waals surface area contributed by atoms with Gasteiger partial charge in [0.05, 0.1) is 26.4 Å². The lowest BCUT2D eigenvalue weighted by molar-refractivity contribution is -0.142. The Morgan fingerprint density at radius 3 is 1.58 bits per heavy atom. The van der Waals surface area contributed by atoms with Crippen LogP contribution in [0.2, 0.25) is 5.02 Å². The van der Waals surface area contributed by atoms with Crippen molar-refractivity contribution in [1.29, 1.82) is 0 Å². The molecular weight excluding hydrogens is 1610 g/mol. The molecule has 1 unspecified atom stereocenters. The molecule has 19 N–H and O–H groups in total. The number of aliphatic hydroxyl groups is 3. The molecule has 35 heteroatoms. The molecule has 8 rings (SSSR count). The number of halogens is 1. The first-order chi connectivity index (χ1) is 59.1. The first-order valence-electron chi connectivity index (χ1n) is 42.0. The molecule has 2 fully saturated rings. The van der Waals surface area contributed by atoms with Crippen molar-refractivity contribution in [3.8, 4) is 0 Å². The Morgan fingerprint density at radius 1 is 0.540 bits per heavy atom. The maximum Gasteiger partial charge on any atom is 0.312 e. The molecule has 1 aromatic heterocycles. The number of hydrogen-bond donors (Lipinski definition) is 17. The normalized spacial score (nSPS) is 16.0. The van der Waals surface area contributed by atoms with Crippen LogP contribution in [0.1, 0.15) is 127 Å². The van der Waals surface area contributed by atoms with E-state index in [0.717, 1.165) is 16.3 Å². The van der Waals surface area contributed by atoms with Gasteiger partial charge in [0.1, 0.15) is 66.5 Å². The summed E-state index contributed by atoms with van der Waals surface area (Å²) in [5.74, 6) is -10.1. The average Bonchev–Trinajstić information content (AvgIpc) is 1.24. The molecule has 670 valence electrons. The lowest BCUT2D eigenvalue weighted by atomic mass is 9.87. The number of fused-ring (bicyclic) bond motifs is 1. The molecule has 6 aromatic rings. The Labute approximate surface area is 727 Å². The third-order valence-electron chi connectivity index (χ3n) is 21.5. The number of pyridine rings is 1. The van der Waals surface area contributed by atoms with Gasteiger partial charge in [-0.3, -0.25) is 67.4 Å². The molecule has 14 amide bonds. The number of primary amides is 2. The number of nitrogens with zero attached hydrogens (tertiary/aromatic N) is 3. The van der Waals surface area contributed by atoms with Gasteiger partial charge in [0.25, 0.3) is 0 Å². The summed E-state index contributed by atoms with van der Waals surface area (Å²) in [4.78, 5) is 193. The number of aliphatic hydroxyl groups excluding tert-OH is 3. The van der Waals surface area contributed by atoms with Crippen LogP contribution in [0.15, 0.2) is 140 Å². The van der Waals surface area contributed by atoms with E-state index in [9.17, 15) is 48.9 Å². The number of carbonyl (C=O) groups is 13. The summed E-state index contributed by atoms with van der Waals surface area (Å²) in [6.45, 7) is 14.0. The van der Waals surface area contributed by atoms with E-state index in [1.165, 1.54) is 50.2 Å². The fourth-order valence-corrected chi connectivity index (χ4v) is 14.4. The van der Waals surface area contributed by atoms with Crippen LogP contribution < -0.4 is 75.3 Å². The molecule has 124 heavy (non-hydrogen) atoms. The van der Waals surface area contributed by atoms with Crippen molar-refractivity contribution in [2.45, 2.75) is 205 Å². The Balaban J connectivity index is 1.10. The standard InChI is InChI=1S/C89H120ClN17O17/c1-53(2)42-67(78(113)98-66(17-10-11-35-94-54(3)4)87(122)107-37-13-18-74(107)85(120)96-55(5)77(91)112)99-79(114)69(46-58-26-31-65(32-27-58)97-75(110)33-36-95-86(121)76(111)89(6,7)52-109)100-81(116)70(44-56-19-21-59(22-20-56)50-106-38-40-124-41-39-106)103-84(119)73(51-108)104-82(117)71(48-61-14-12-34-93-49-61)102-80(115)68(45-57-24-29-64(90)30-25-57)101-83(118)72(105-88(92)123)47-60-23-28-62-15-8-9-16-63(62)43-60/h8-9,12,14-16,19-32,34,43,49,53-55,66-74,76,94,108-109,111H,10-11,13,17-18,33,35-42,44-48,50-52H2,1-7H3,(H2,91,112)(H,95,121)(H,96,120)(H,97,110)(H,98,113)(H,99,114)(H,100,116)(H,101,118)(H,102,115)(H,103,119)(H,104,117)(H3,92,105,123)/t55-,66+,67+,68-,69-,70+,71-,72-,73+,74+,76?/m1/s1. The van der Waals surface area contributed by atoms with E-state index < -0.39 is 162 Å².